The third kappa shape index (κ3) is 5.37. The van der Waals surface area contributed by atoms with Crippen LogP contribution in [0.25, 0.3) is 0 Å². The molecule has 0 saturated carbocycles. The second-order valence-electron chi connectivity index (χ2n) is 5.37. The van der Waals surface area contributed by atoms with E-state index in [0.29, 0.717) is 17.9 Å². The lowest BCUT2D eigenvalue weighted by Gasteiger charge is -2.18. The van der Waals surface area contributed by atoms with Gasteiger partial charge in [-0.2, -0.15) is 0 Å². The standard InChI is InChI=1S/C19H22O5/c1-2-23-18(21)12-17(20)19(22)15-9-6-10-16(11-15)24-13-14-7-4-3-5-8-14/h3-11,17,19-20,22H,2,12-13H2,1H3. The van der Waals surface area contributed by atoms with E-state index in [2.05, 4.69) is 0 Å². The average molecular weight is 330 g/mol. The average Bonchev–Trinajstić information content (AvgIpc) is 2.60. The molecule has 0 aromatic heterocycles. The predicted octanol–water partition coefficient (Wildman–Crippen LogP) is 2.61. The second kappa shape index (κ2) is 9.05. The number of carbonyl (C=O) groups is 1. The van der Waals surface area contributed by atoms with Crippen LogP contribution in [0.2, 0.25) is 0 Å². The lowest BCUT2D eigenvalue weighted by atomic mass is 10.0. The van der Waals surface area contributed by atoms with Gasteiger partial charge in [0.05, 0.1) is 19.1 Å². The van der Waals surface area contributed by atoms with E-state index >= 15 is 0 Å². The lowest BCUT2D eigenvalue weighted by Crippen LogP contribution is -2.23. The number of rotatable bonds is 8. The van der Waals surface area contributed by atoms with Crippen LogP contribution in [0.1, 0.15) is 30.6 Å². The number of aliphatic hydroxyl groups excluding tert-OH is 2. The first-order valence-corrected chi connectivity index (χ1v) is 7.88. The summed E-state index contributed by atoms with van der Waals surface area (Å²) in [6, 6.07) is 16.6. The highest BCUT2D eigenvalue weighted by Gasteiger charge is 2.22. The lowest BCUT2D eigenvalue weighted by molar-refractivity contribution is -0.147. The number of hydrogen-bond acceptors (Lipinski definition) is 5. The van der Waals surface area contributed by atoms with Crippen molar-refractivity contribution in [2.24, 2.45) is 0 Å². The van der Waals surface area contributed by atoms with E-state index in [9.17, 15) is 15.0 Å². The van der Waals surface area contributed by atoms with Gasteiger partial charge in [-0.15, -0.1) is 0 Å². The molecule has 0 spiro atoms. The van der Waals surface area contributed by atoms with Gasteiger partial charge >= 0.3 is 5.97 Å². The molecule has 2 rings (SSSR count). The summed E-state index contributed by atoms with van der Waals surface area (Å²) in [5.74, 6) is 0.0410. The van der Waals surface area contributed by atoms with Crippen LogP contribution in [0.3, 0.4) is 0 Å². The van der Waals surface area contributed by atoms with E-state index in [1.807, 2.05) is 30.3 Å². The molecular formula is C19H22O5. The molecule has 0 radical (unpaired) electrons. The SMILES string of the molecule is CCOC(=O)CC(O)C(O)c1cccc(OCc2ccccc2)c1. The zero-order valence-electron chi connectivity index (χ0n) is 13.6. The highest BCUT2D eigenvalue weighted by molar-refractivity contribution is 5.70. The number of carbonyl (C=O) groups excluding carboxylic acids is 1. The molecule has 24 heavy (non-hydrogen) atoms. The number of hydrogen-bond donors (Lipinski definition) is 2. The van der Waals surface area contributed by atoms with Crippen molar-refractivity contribution in [3.05, 3.63) is 65.7 Å². The number of aliphatic hydroxyl groups is 2. The molecule has 2 aromatic carbocycles. The molecule has 2 unspecified atom stereocenters. The number of benzene rings is 2. The summed E-state index contributed by atoms with van der Waals surface area (Å²) in [6.07, 6.45) is -2.67. The summed E-state index contributed by atoms with van der Waals surface area (Å²) in [5.41, 5.74) is 1.52. The van der Waals surface area contributed by atoms with Crippen molar-refractivity contribution in [1.82, 2.24) is 0 Å². The quantitative estimate of drug-likeness (QED) is 0.728. The fraction of sp³-hybridized carbons (Fsp3) is 0.316. The van der Waals surface area contributed by atoms with Crippen molar-refractivity contribution in [2.45, 2.75) is 32.2 Å². The molecule has 0 amide bonds. The Morgan fingerprint density at radius 2 is 1.83 bits per heavy atom. The molecule has 5 nitrogen and oxygen atoms in total. The van der Waals surface area contributed by atoms with Crippen LogP contribution in [0, 0.1) is 0 Å². The van der Waals surface area contributed by atoms with Crippen LogP contribution in [-0.2, 0) is 16.1 Å². The first-order chi connectivity index (χ1) is 11.6. The van der Waals surface area contributed by atoms with Gasteiger partial charge in [0.2, 0.25) is 0 Å². The smallest absolute Gasteiger partial charge is 0.308 e. The summed E-state index contributed by atoms with van der Waals surface area (Å²) in [5, 5.41) is 20.2. The molecule has 5 heteroatoms. The van der Waals surface area contributed by atoms with E-state index in [4.69, 9.17) is 9.47 Å². The minimum Gasteiger partial charge on any atom is -0.489 e. The molecule has 0 saturated heterocycles. The molecule has 0 bridgehead atoms. The van der Waals surface area contributed by atoms with E-state index in [1.54, 1.807) is 31.2 Å². The van der Waals surface area contributed by atoms with Gasteiger partial charge in [0.15, 0.2) is 0 Å². The Balaban J connectivity index is 1.97. The minimum atomic E-state index is -1.23. The Kier molecular flexibility index (Phi) is 6.78. The van der Waals surface area contributed by atoms with Crippen LogP contribution >= 0.6 is 0 Å². The summed E-state index contributed by atoms with van der Waals surface area (Å²) in [4.78, 5) is 11.4. The van der Waals surface area contributed by atoms with Crippen molar-refractivity contribution in [1.29, 1.82) is 0 Å². The maximum Gasteiger partial charge on any atom is 0.308 e. The van der Waals surface area contributed by atoms with E-state index in [-0.39, 0.29) is 13.0 Å². The number of ether oxygens (including phenoxy) is 2. The minimum absolute atomic E-state index is 0.241. The molecule has 2 aromatic rings. The summed E-state index contributed by atoms with van der Waals surface area (Å²) < 4.78 is 10.5. The van der Waals surface area contributed by atoms with Gasteiger partial charge in [0.1, 0.15) is 18.5 Å². The van der Waals surface area contributed by atoms with E-state index < -0.39 is 18.2 Å². The van der Waals surface area contributed by atoms with Crippen molar-refractivity contribution in [3.63, 3.8) is 0 Å². The second-order valence-corrected chi connectivity index (χ2v) is 5.37. The van der Waals surface area contributed by atoms with Gasteiger partial charge in [-0.3, -0.25) is 4.79 Å². The fourth-order valence-corrected chi connectivity index (χ4v) is 2.25. The van der Waals surface area contributed by atoms with E-state index in [0.717, 1.165) is 5.56 Å². The van der Waals surface area contributed by atoms with Crippen LogP contribution in [-0.4, -0.2) is 28.9 Å². The summed E-state index contributed by atoms with van der Waals surface area (Å²) in [6.45, 7) is 2.34. The predicted molar refractivity (Wildman–Crippen MR) is 89.4 cm³/mol. The molecule has 0 fully saturated rings. The first-order valence-electron chi connectivity index (χ1n) is 7.88. The maximum atomic E-state index is 11.4. The zero-order chi connectivity index (χ0) is 17.4. The number of esters is 1. The van der Waals surface area contributed by atoms with Crippen LogP contribution in [0.4, 0.5) is 0 Å². The van der Waals surface area contributed by atoms with Gasteiger partial charge in [0.25, 0.3) is 0 Å². The third-order valence-electron chi connectivity index (χ3n) is 3.49. The topological polar surface area (TPSA) is 76.0 Å². The van der Waals surface area contributed by atoms with E-state index in [1.165, 1.54) is 0 Å². The Morgan fingerprint density at radius 1 is 1.08 bits per heavy atom. The van der Waals surface area contributed by atoms with Gasteiger partial charge < -0.3 is 19.7 Å². The molecule has 0 aliphatic carbocycles. The Hall–Kier alpha value is -2.37. The van der Waals surface area contributed by atoms with Crippen molar-refractivity contribution in [2.75, 3.05) is 6.61 Å². The highest BCUT2D eigenvalue weighted by atomic mass is 16.5. The maximum absolute atomic E-state index is 11.4. The molecular weight excluding hydrogens is 308 g/mol. The molecule has 0 heterocycles. The monoisotopic (exact) mass is 330 g/mol. The third-order valence-corrected chi connectivity index (χ3v) is 3.49. The normalized spacial score (nSPS) is 13.1. The van der Waals surface area contributed by atoms with Crippen molar-refractivity contribution in [3.8, 4) is 5.75 Å². The Labute approximate surface area is 141 Å². The van der Waals surface area contributed by atoms with Crippen molar-refractivity contribution < 1.29 is 24.5 Å². The van der Waals surface area contributed by atoms with Crippen molar-refractivity contribution >= 4 is 5.97 Å². The first kappa shape index (κ1) is 18.0. The fourth-order valence-electron chi connectivity index (χ4n) is 2.25. The Bertz CT molecular complexity index is 641. The molecule has 2 atom stereocenters. The van der Waals surface area contributed by atoms with Crippen LogP contribution in [0.5, 0.6) is 5.75 Å². The Morgan fingerprint density at radius 3 is 2.54 bits per heavy atom. The highest BCUT2D eigenvalue weighted by Crippen LogP contribution is 2.24. The summed E-state index contributed by atoms with van der Waals surface area (Å²) in [7, 11) is 0. The molecule has 128 valence electrons. The van der Waals surface area contributed by atoms with Gasteiger partial charge in [-0.1, -0.05) is 42.5 Å². The summed E-state index contributed by atoms with van der Waals surface area (Å²) >= 11 is 0. The van der Waals surface area contributed by atoms with Crippen LogP contribution in [0.15, 0.2) is 54.6 Å². The molecule has 0 aliphatic heterocycles. The van der Waals surface area contributed by atoms with Gasteiger partial charge in [-0.05, 0) is 30.2 Å². The largest absolute Gasteiger partial charge is 0.489 e. The zero-order valence-corrected chi connectivity index (χ0v) is 13.6. The molecule has 0 aliphatic rings. The molecule has 2 N–H and O–H groups in total. The van der Waals surface area contributed by atoms with Gasteiger partial charge in [-0.25, -0.2) is 0 Å². The van der Waals surface area contributed by atoms with Gasteiger partial charge in [0, 0.05) is 0 Å². The van der Waals surface area contributed by atoms with Crippen LogP contribution < -0.4 is 4.74 Å².